The van der Waals surface area contributed by atoms with Crippen molar-refractivity contribution in [1.29, 1.82) is 0 Å². The topological polar surface area (TPSA) is 53.1 Å². The molecular weight excluding hydrogens is 378 g/mol. The zero-order valence-corrected chi connectivity index (χ0v) is 18.3. The van der Waals surface area contributed by atoms with E-state index in [1.165, 1.54) is 5.56 Å². The van der Waals surface area contributed by atoms with Crippen LogP contribution in [0.2, 0.25) is 0 Å². The lowest BCUT2D eigenvalue weighted by molar-refractivity contribution is -0.150. The molecule has 0 radical (unpaired) electrons. The summed E-state index contributed by atoms with van der Waals surface area (Å²) < 4.78 is 5.76. The molecule has 6 nitrogen and oxygen atoms in total. The van der Waals surface area contributed by atoms with Gasteiger partial charge in [-0.05, 0) is 51.6 Å². The summed E-state index contributed by atoms with van der Waals surface area (Å²) in [5, 5.41) is 0. The number of hydrogen-bond acceptors (Lipinski definition) is 4. The van der Waals surface area contributed by atoms with Gasteiger partial charge in [0.1, 0.15) is 0 Å². The molecule has 3 aliphatic heterocycles. The molecule has 164 valence electrons. The van der Waals surface area contributed by atoms with E-state index in [0.29, 0.717) is 26.2 Å². The van der Waals surface area contributed by atoms with Crippen molar-refractivity contribution < 1.29 is 14.3 Å². The minimum absolute atomic E-state index is 0.0154. The van der Waals surface area contributed by atoms with E-state index in [9.17, 15) is 9.59 Å². The lowest BCUT2D eigenvalue weighted by Crippen LogP contribution is -2.53. The molecule has 0 bridgehead atoms. The maximum Gasteiger partial charge on any atom is 0.239 e. The molecule has 6 heteroatoms. The highest BCUT2D eigenvalue weighted by Crippen LogP contribution is 2.26. The molecule has 3 unspecified atom stereocenters. The van der Waals surface area contributed by atoms with Crippen LogP contribution in [0.5, 0.6) is 0 Å². The quantitative estimate of drug-likeness (QED) is 0.761. The van der Waals surface area contributed by atoms with Crippen molar-refractivity contribution >= 4 is 11.8 Å². The van der Waals surface area contributed by atoms with Crippen LogP contribution in [0.25, 0.3) is 0 Å². The monoisotopic (exact) mass is 413 g/mol. The molecular formula is C24H35N3O3. The van der Waals surface area contributed by atoms with Crippen LogP contribution < -0.4 is 0 Å². The molecule has 3 atom stereocenters. The third-order valence-corrected chi connectivity index (χ3v) is 6.76. The van der Waals surface area contributed by atoms with Gasteiger partial charge in [-0.1, -0.05) is 30.3 Å². The number of carbonyl (C=O) groups excluding carboxylic acids is 2. The number of hydrogen-bond donors (Lipinski definition) is 0. The first-order valence-corrected chi connectivity index (χ1v) is 11.5. The van der Waals surface area contributed by atoms with Gasteiger partial charge in [-0.25, -0.2) is 0 Å². The summed E-state index contributed by atoms with van der Waals surface area (Å²) in [7, 11) is 0. The largest absolute Gasteiger partial charge is 0.372 e. The average molecular weight is 414 g/mol. The molecule has 0 aliphatic carbocycles. The average Bonchev–Trinajstić information content (AvgIpc) is 3.21. The van der Waals surface area contributed by atoms with Crippen LogP contribution >= 0.6 is 0 Å². The Labute approximate surface area is 180 Å². The molecule has 30 heavy (non-hydrogen) atoms. The maximum absolute atomic E-state index is 13.2. The summed E-state index contributed by atoms with van der Waals surface area (Å²) in [6, 6.07) is 10.4. The predicted molar refractivity (Wildman–Crippen MR) is 116 cm³/mol. The van der Waals surface area contributed by atoms with E-state index < -0.39 is 0 Å². The molecule has 4 rings (SSSR count). The third kappa shape index (κ3) is 4.86. The lowest BCUT2D eigenvalue weighted by Gasteiger charge is -2.40. The van der Waals surface area contributed by atoms with Gasteiger partial charge in [0.05, 0.1) is 18.2 Å². The fourth-order valence-corrected chi connectivity index (χ4v) is 5.29. The number of amides is 2. The van der Waals surface area contributed by atoms with E-state index in [0.717, 1.165) is 38.8 Å². The number of rotatable bonds is 4. The standard InChI is InChI=1S/C24H35N3O3/c1-18-15-27(16-19(2)30-18)23(28)21-10-13-25(14-11-21)24(29)22-9-6-12-26(22)17-20-7-4-3-5-8-20/h3-5,7-8,18-19,21-22H,6,9-17H2,1-2H3. The Morgan fingerprint density at radius 2 is 1.57 bits per heavy atom. The van der Waals surface area contributed by atoms with Crippen molar-refractivity contribution in [1.82, 2.24) is 14.7 Å². The van der Waals surface area contributed by atoms with E-state index in [-0.39, 0.29) is 36.0 Å². The SMILES string of the molecule is CC1CN(C(=O)C2CCN(C(=O)C3CCCN3Cc3ccccc3)CC2)CC(C)O1. The van der Waals surface area contributed by atoms with Crippen molar-refractivity contribution in [3.8, 4) is 0 Å². The summed E-state index contributed by atoms with van der Waals surface area (Å²) >= 11 is 0. The highest BCUT2D eigenvalue weighted by atomic mass is 16.5. The number of benzene rings is 1. The highest BCUT2D eigenvalue weighted by Gasteiger charge is 2.37. The van der Waals surface area contributed by atoms with Gasteiger partial charge < -0.3 is 14.5 Å². The molecule has 3 heterocycles. The first kappa shape index (κ1) is 21.3. The fraction of sp³-hybridized carbons (Fsp3) is 0.667. The summed E-state index contributed by atoms with van der Waals surface area (Å²) in [6.07, 6.45) is 3.75. The van der Waals surface area contributed by atoms with Crippen LogP contribution in [-0.2, 0) is 20.9 Å². The van der Waals surface area contributed by atoms with E-state index >= 15 is 0 Å². The third-order valence-electron chi connectivity index (χ3n) is 6.76. The molecule has 0 N–H and O–H groups in total. The number of piperidine rings is 1. The van der Waals surface area contributed by atoms with Crippen molar-refractivity contribution in [2.75, 3.05) is 32.7 Å². The second kappa shape index (κ2) is 9.48. The van der Waals surface area contributed by atoms with Gasteiger partial charge in [0.15, 0.2) is 0 Å². The van der Waals surface area contributed by atoms with Crippen LogP contribution in [0, 0.1) is 5.92 Å². The van der Waals surface area contributed by atoms with Gasteiger partial charge in [-0.15, -0.1) is 0 Å². The van der Waals surface area contributed by atoms with Gasteiger partial charge in [0.2, 0.25) is 11.8 Å². The zero-order chi connectivity index (χ0) is 21.1. The van der Waals surface area contributed by atoms with E-state index in [1.807, 2.05) is 29.7 Å². The number of morpholine rings is 1. The minimum atomic E-state index is -0.0154. The van der Waals surface area contributed by atoms with Crippen LogP contribution in [0.15, 0.2) is 30.3 Å². The first-order chi connectivity index (χ1) is 14.5. The summed E-state index contributed by atoms with van der Waals surface area (Å²) in [5.74, 6) is 0.536. The molecule has 0 saturated carbocycles. The Bertz CT molecular complexity index is 722. The number of ether oxygens (including phenoxy) is 1. The van der Waals surface area contributed by atoms with Crippen molar-refractivity contribution in [3.63, 3.8) is 0 Å². The second-order valence-electron chi connectivity index (χ2n) is 9.21. The van der Waals surface area contributed by atoms with Crippen molar-refractivity contribution in [2.45, 2.75) is 64.3 Å². The fourth-order valence-electron chi connectivity index (χ4n) is 5.29. The number of nitrogens with zero attached hydrogens (tertiary/aromatic N) is 3. The smallest absolute Gasteiger partial charge is 0.239 e. The Morgan fingerprint density at radius 3 is 2.23 bits per heavy atom. The lowest BCUT2D eigenvalue weighted by atomic mass is 9.94. The molecule has 1 aromatic carbocycles. The normalized spacial score (nSPS) is 28.7. The summed E-state index contributed by atoms with van der Waals surface area (Å²) in [5.41, 5.74) is 1.26. The van der Waals surface area contributed by atoms with Crippen molar-refractivity contribution in [3.05, 3.63) is 35.9 Å². The van der Waals surface area contributed by atoms with Crippen LogP contribution in [0.4, 0.5) is 0 Å². The van der Waals surface area contributed by atoms with Gasteiger partial charge in [0.25, 0.3) is 0 Å². The maximum atomic E-state index is 13.2. The molecule has 0 spiro atoms. The summed E-state index contributed by atoms with van der Waals surface area (Å²) in [4.78, 5) is 32.5. The highest BCUT2D eigenvalue weighted by molar-refractivity contribution is 5.83. The van der Waals surface area contributed by atoms with Gasteiger partial charge >= 0.3 is 0 Å². The molecule has 2 amide bonds. The number of likely N-dealkylation sites (tertiary alicyclic amines) is 2. The van der Waals surface area contributed by atoms with Gasteiger partial charge in [-0.3, -0.25) is 14.5 Å². The Morgan fingerprint density at radius 1 is 0.900 bits per heavy atom. The predicted octanol–water partition coefficient (Wildman–Crippen LogP) is 2.53. The van der Waals surface area contributed by atoms with E-state index in [2.05, 4.69) is 29.2 Å². The Balaban J connectivity index is 1.30. The van der Waals surface area contributed by atoms with Crippen LogP contribution in [0.3, 0.4) is 0 Å². The molecule has 3 fully saturated rings. The Hall–Kier alpha value is -1.92. The number of carbonyl (C=O) groups is 2. The van der Waals surface area contributed by atoms with Gasteiger partial charge in [-0.2, -0.15) is 0 Å². The Kier molecular flexibility index (Phi) is 6.74. The zero-order valence-electron chi connectivity index (χ0n) is 18.3. The molecule has 1 aromatic rings. The van der Waals surface area contributed by atoms with Crippen LogP contribution in [-0.4, -0.2) is 77.5 Å². The minimum Gasteiger partial charge on any atom is -0.372 e. The van der Waals surface area contributed by atoms with Gasteiger partial charge in [0, 0.05) is 38.6 Å². The molecule has 3 saturated heterocycles. The van der Waals surface area contributed by atoms with Crippen LogP contribution in [0.1, 0.15) is 45.1 Å². The molecule has 0 aromatic heterocycles. The van der Waals surface area contributed by atoms with E-state index in [1.54, 1.807) is 0 Å². The first-order valence-electron chi connectivity index (χ1n) is 11.5. The summed E-state index contributed by atoms with van der Waals surface area (Å²) in [6.45, 7) is 8.62. The second-order valence-corrected chi connectivity index (χ2v) is 9.21. The van der Waals surface area contributed by atoms with E-state index in [4.69, 9.17) is 4.74 Å². The van der Waals surface area contributed by atoms with Crippen molar-refractivity contribution in [2.24, 2.45) is 5.92 Å². The molecule has 3 aliphatic rings.